The molecule has 1 saturated heterocycles. The van der Waals surface area contributed by atoms with E-state index in [1.165, 1.54) is 77.0 Å². The number of amides is 1. The van der Waals surface area contributed by atoms with Crippen LogP contribution < -0.4 is 0 Å². The van der Waals surface area contributed by atoms with E-state index in [-0.39, 0.29) is 50.6 Å². The van der Waals surface area contributed by atoms with Gasteiger partial charge in [0.2, 0.25) is 5.91 Å². The SMILES string of the molecule is CCCCCC/C=C/CCCCCCCC(=O)OCC(CN(C)CCCCCCN(C)C(=O)CN1CCCN(CC(=O)O)CCN(CC(=O)O)CCCN(CC(=O)O)CC1)OC(=O)CCCCCCC/C=C/CCCCCC. The first kappa shape index (κ1) is 72.1. The summed E-state index contributed by atoms with van der Waals surface area (Å²) in [6.07, 6.45) is 39.5. The summed E-state index contributed by atoms with van der Waals surface area (Å²) in [4.78, 5) is 85.7. The predicted octanol–water partition coefficient (Wildman–Crippen LogP) is 10.2. The molecule has 0 aromatic carbocycles. The van der Waals surface area contributed by atoms with Gasteiger partial charge < -0.3 is 34.6 Å². The highest BCUT2D eigenvalue weighted by molar-refractivity contribution is 5.78. The molecule has 1 atom stereocenters. The average molecular weight is 1110 g/mol. The monoisotopic (exact) mass is 1100 g/mol. The fraction of sp³-hybridized carbons (Fsp3) is 0.836. The van der Waals surface area contributed by atoms with E-state index in [0.29, 0.717) is 91.1 Å². The second-order valence-electron chi connectivity index (χ2n) is 22.0. The van der Waals surface area contributed by atoms with Crippen molar-refractivity contribution in [3.8, 4) is 0 Å². The molecule has 1 amide bonds. The van der Waals surface area contributed by atoms with Crippen LogP contribution in [0.2, 0.25) is 0 Å². The molecule has 0 bridgehead atoms. The molecule has 1 unspecified atom stereocenters. The first-order valence-corrected chi connectivity index (χ1v) is 30.8. The Balaban J connectivity index is 2.65. The summed E-state index contributed by atoms with van der Waals surface area (Å²) in [6, 6.07) is 0. The van der Waals surface area contributed by atoms with Crippen molar-refractivity contribution in [2.24, 2.45) is 0 Å². The number of ether oxygens (including phenoxy) is 2. The number of likely N-dealkylation sites (N-methyl/N-ethyl adjacent to an activating group) is 2. The number of carboxylic acid groups (broad SMARTS) is 3. The first-order chi connectivity index (χ1) is 37.7. The molecule has 1 aliphatic heterocycles. The number of rotatable bonds is 46. The molecule has 1 fully saturated rings. The molecule has 78 heavy (non-hydrogen) atoms. The number of aliphatic carboxylic acids is 3. The predicted molar refractivity (Wildman–Crippen MR) is 313 cm³/mol. The second kappa shape index (κ2) is 50.1. The van der Waals surface area contributed by atoms with Gasteiger partial charge in [-0.3, -0.25) is 48.4 Å². The van der Waals surface area contributed by atoms with E-state index in [9.17, 15) is 44.1 Å². The van der Waals surface area contributed by atoms with E-state index >= 15 is 0 Å². The number of allylic oxidation sites excluding steroid dienone is 4. The summed E-state index contributed by atoms with van der Waals surface area (Å²) >= 11 is 0. The van der Waals surface area contributed by atoms with E-state index in [2.05, 4.69) is 43.1 Å². The van der Waals surface area contributed by atoms with Crippen LogP contribution in [0.1, 0.15) is 206 Å². The van der Waals surface area contributed by atoms with Crippen LogP contribution in [0.3, 0.4) is 0 Å². The van der Waals surface area contributed by atoms with Crippen molar-refractivity contribution in [3.05, 3.63) is 24.3 Å². The van der Waals surface area contributed by atoms with E-state index in [4.69, 9.17) is 9.47 Å². The number of hydrogen-bond acceptors (Lipinski definition) is 13. The van der Waals surface area contributed by atoms with Gasteiger partial charge in [-0.05, 0) is 110 Å². The lowest BCUT2D eigenvalue weighted by Gasteiger charge is -2.31. The molecular formula is C61H112N6O11. The quantitative estimate of drug-likeness (QED) is 0.0295. The van der Waals surface area contributed by atoms with Crippen LogP contribution >= 0.6 is 0 Å². The van der Waals surface area contributed by atoms with Crippen molar-refractivity contribution in [2.45, 2.75) is 213 Å². The summed E-state index contributed by atoms with van der Waals surface area (Å²) in [5.74, 6) is -3.42. The van der Waals surface area contributed by atoms with Crippen LogP contribution in [0, 0.1) is 0 Å². The van der Waals surface area contributed by atoms with Crippen molar-refractivity contribution < 1.29 is 53.6 Å². The van der Waals surface area contributed by atoms with Gasteiger partial charge in [0.15, 0.2) is 0 Å². The number of nitrogens with zero attached hydrogens (tertiary/aromatic N) is 6. The van der Waals surface area contributed by atoms with Gasteiger partial charge in [0, 0.05) is 78.8 Å². The highest BCUT2D eigenvalue weighted by atomic mass is 16.6. The Hall–Kier alpha value is -3.90. The number of carboxylic acids is 3. The smallest absolute Gasteiger partial charge is 0.317 e. The molecule has 1 aliphatic rings. The average Bonchev–Trinajstić information content (AvgIpc) is 3.39. The summed E-state index contributed by atoms with van der Waals surface area (Å²) in [5.41, 5.74) is 0. The Labute approximate surface area is 472 Å². The number of carbonyl (C=O) groups excluding carboxylic acids is 3. The van der Waals surface area contributed by atoms with Crippen LogP contribution in [0.4, 0.5) is 0 Å². The second-order valence-corrected chi connectivity index (χ2v) is 22.0. The zero-order valence-electron chi connectivity index (χ0n) is 49.7. The third-order valence-electron chi connectivity index (χ3n) is 14.5. The van der Waals surface area contributed by atoms with Crippen LogP contribution in [0.15, 0.2) is 24.3 Å². The minimum Gasteiger partial charge on any atom is -0.480 e. The summed E-state index contributed by atoms with van der Waals surface area (Å²) in [7, 11) is 3.80. The fourth-order valence-electron chi connectivity index (χ4n) is 9.81. The van der Waals surface area contributed by atoms with Crippen LogP contribution in [0.25, 0.3) is 0 Å². The minimum absolute atomic E-state index is 0.0393. The molecule has 452 valence electrons. The van der Waals surface area contributed by atoms with Gasteiger partial charge in [0.05, 0.1) is 26.2 Å². The Kier molecular flexibility index (Phi) is 46.3. The number of esters is 2. The zero-order chi connectivity index (χ0) is 57.3. The first-order valence-electron chi connectivity index (χ1n) is 30.8. The van der Waals surface area contributed by atoms with Gasteiger partial charge >= 0.3 is 29.8 Å². The molecule has 17 heteroatoms. The Morgan fingerprint density at radius 1 is 0.449 bits per heavy atom. The van der Waals surface area contributed by atoms with E-state index in [1.54, 1.807) is 21.7 Å². The molecular weight excluding hydrogens is 993 g/mol. The van der Waals surface area contributed by atoms with Crippen molar-refractivity contribution in [2.75, 3.05) is 119 Å². The molecule has 0 aromatic heterocycles. The topological polar surface area (TPSA) is 201 Å². The number of unbranched alkanes of at least 4 members (excludes halogenated alkanes) is 21. The van der Waals surface area contributed by atoms with Crippen molar-refractivity contribution in [1.82, 2.24) is 29.4 Å². The third-order valence-corrected chi connectivity index (χ3v) is 14.5. The van der Waals surface area contributed by atoms with Gasteiger partial charge in [0.1, 0.15) is 12.7 Å². The lowest BCUT2D eigenvalue weighted by Crippen LogP contribution is -2.46. The van der Waals surface area contributed by atoms with Crippen LogP contribution in [-0.4, -0.2) is 205 Å². The highest BCUT2D eigenvalue weighted by Gasteiger charge is 2.22. The Morgan fingerprint density at radius 3 is 1.23 bits per heavy atom. The fourth-order valence-corrected chi connectivity index (χ4v) is 9.81. The molecule has 0 saturated carbocycles. The number of carbonyl (C=O) groups is 6. The maximum absolute atomic E-state index is 13.5. The van der Waals surface area contributed by atoms with Crippen molar-refractivity contribution >= 4 is 35.8 Å². The summed E-state index contributed by atoms with van der Waals surface area (Å²) in [6.45, 7) is 9.45. The molecule has 1 heterocycles. The Morgan fingerprint density at radius 2 is 0.808 bits per heavy atom. The third kappa shape index (κ3) is 44.9. The molecule has 0 radical (unpaired) electrons. The normalized spacial score (nSPS) is 15.4. The van der Waals surface area contributed by atoms with Crippen molar-refractivity contribution in [3.63, 3.8) is 0 Å². The van der Waals surface area contributed by atoms with Gasteiger partial charge in [0.25, 0.3) is 0 Å². The molecule has 17 nitrogen and oxygen atoms in total. The standard InChI is InChI=1S/C61H112N6O11/c1-5-7-9-11-13-15-17-19-21-23-25-27-31-37-60(75)77-54-55(78-61(76)38-32-28-26-24-22-20-18-16-14-12-10-8-6-2)49-62(3)39-33-29-30-34-40-63(4)56(68)50-64-41-35-42-66(52-58(71)72)47-48-67(53-59(73)74)44-36-43-65(46-45-64)51-57(69)70/h15-18,55H,5-14,19-54H2,1-4H3,(H,69,70)(H,71,72)(H,73,74)/b17-15+,18-16+. The van der Waals surface area contributed by atoms with Gasteiger partial charge in [-0.25, -0.2) is 0 Å². The summed E-state index contributed by atoms with van der Waals surface area (Å²) in [5, 5.41) is 28.6. The molecule has 3 N–H and O–H groups in total. The van der Waals surface area contributed by atoms with Crippen LogP contribution in [-0.2, 0) is 38.2 Å². The highest BCUT2D eigenvalue weighted by Crippen LogP contribution is 2.14. The summed E-state index contributed by atoms with van der Waals surface area (Å²) < 4.78 is 11.7. The maximum Gasteiger partial charge on any atom is 0.317 e. The van der Waals surface area contributed by atoms with E-state index < -0.39 is 24.0 Å². The molecule has 1 rings (SSSR count). The Bertz CT molecular complexity index is 1620. The molecule has 0 aromatic rings. The molecule has 0 aliphatic carbocycles. The molecule has 0 spiro atoms. The maximum atomic E-state index is 13.5. The number of hydrogen-bond donors (Lipinski definition) is 3. The largest absolute Gasteiger partial charge is 0.480 e. The van der Waals surface area contributed by atoms with E-state index in [1.807, 2.05) is 16.8 Å². The van der Waals surface area contributed by atoms with Gasteiger partial charge in [-0.15, -0.1) is 0 Å². The lowest BCUT2D eigenvalue weighted by molar-refractivity contribution is -0.160. The zero-order valence-corrected chi connectivity index (χ0v) is 49.7. The van der Waals surface area contributed by atoms with Gasteiger partial charge in [-0.2, -0.15) is 0 Å². The van der Waals surface area contributed by atoms with Gasteiger partial charge in [-0.1, -0.05) is 128 Å². The van der Waals surface area contributed by atoms with Crippen molar-refractivity contribution in [1.29, 1.82) is 0 Å². The minimum atomic E-state index is -0.974. The van der Waals surface area contributed by atoms with Crippen LogP contribution in [0.5, 0.6) is 0 Å². The van der Waals surface area contributed by atoms with E-state index in [0.717, 1.165) is 96.4 Å². The lowest BCUT2D eigenvalue weighted by atomic mass is 10.1.